The van der Waals surface area contributed by atoms with Gasteiger partial charge in [-0.2, -0.15) is 0 Å². The molecule has 146 valence electrons. The van der Waals surface area contributed by atoms with Crippen LogP contribution >= 0.6 is 34.0 Å². The molecule has 0 atom stereocenters. The van der Waals surface area contributed by atoms with E-state index in [1.54, 1.807) is 0 Å². The van der Waals surface area contributed by atoms with Gasteiger partial charge in [0, 0.05) is 51.0 Å². The highest BCUT2D eigenvalue weighted by Gasteiger charge is 2.04. The molecule has 0 radical (unpaired) electrons. The molecular formula is C22H36Br2N2+2. The molecule has 2 nitrogen and oxygen atoms in total. The molecule has 2 aromatic heterocycles. The van der Waals surface area contributed by atoms with Crippen molar-refractivity contribution in [1.29, 1.82) is 0 Å². The van der Waals surface area contributed by atoms with Crippen molar-refractivity contribution >= 4 is 34.0 Å². The van der Waals surface area contributed by atoms with Crippen molar-refractivity contribution in [3.05, 3.63) is 60.2 Å². The third kappa shape index (κ3) is 9.82. The highest BCUT2D eigenvalue weighted by atomic mass is 79.9. The molecule has 0 aromatic carbocycles. The minimum absolute atomic E-state index is 0. The first-order chi connectivity index (χ1) is 11.8. The van der Waals surface area contributed by atoms with E-state index in [2.05, 4.69) is 71.8 Å². The SMILES string of the molecule is Br.Br.Cc1cccc[n+]1CCCCCCCCCC[n+]1ccccc1C. The number of aromatic nitrogens is 2. The largest absolute Gasteiger partial charge is 0.203 e. The number of aryl methyl sites for hydroxylation is 4. The lowest BCUT2D eigenvalue weighted by molar-refractivity contribution is -0.703. The Morgan fingerprint density at radius 3 is 1.23 bits per heavy atom. The Hall–Kier alpha value is -0.740. The maximum absolute atomic E-state index is 2.36. The highest BCUT2D eigenvalue weighted by molar-refractivity contribution is 8.93. The van der Waals surface area contributed by atoms with Crippen LogP contribution in [0.4, 0.5) is 0 Å². The second-order valence-electron chi connectivity index (χ2n) is 6.90. The van der Waals surface area contributed by atoms with Crippen LogP contribution in [0, 0.1) is 13.8 Å². The van der Waals surface area contributed by atoms with E-state index in [1.165, 1.54) is 75.8 Å². The topological polar surface area (TPSA) is 7.76 Å². The predicted octanol–water partition coefficient (Wildman–Crippen LogP) is 5.86. The summed E-state index contributed by atoms with van der Waals surface area (Å²) in [5.74, 6) is 0. The quantitative estimate of drug-likeness (QED) is 0.277. The molecule has 0 aliphatic rings. The zero-order valence-corrected chi connectivity index (χ0v) is 19.8. The van der Waals surface area contributed by atoms with E-state index in [1.807, 2.05) is 0 Å². The molecule has 0 saturated heterocycles. The maximum Gasteiger partial charge on any atom is 0.178 e. The molecular weight excluding hydrogens is 452 g/mol. The fourth-order valence-corrected chi connectivity index (χ4v) is 3.25. The van der Waals surface area contributed by atoms with Gasteiger partial charge in [0.25, 0.3) is 0 Å². The normalized spacial score (nSPS) is 10.1. The van der Waals surface area contributed by atoms with Crippen LogP contribution in [0.5, 0.6) is 0 Å². The van der Waals surface area contributed by atoms with Crippen LogP contribution in [0.2, 0.25) is 0 Å². The van der Waals surface area contributed by atoms with Gasteiger partial charge in [0.15, 0.2) is 23.8 Å². The van der Waals surface area contributed by atoms with E-state index in [4.69, 9.17) is 0 Å². The molecule has 0 aliphatic carbocycles. The lowest BCUT2D eigenvalue weighted by Crippen LogP contribution is -2.36. The van der Waals surface area contributed by atoms with Crippen LogP contribution in [-0.4, -0.2) is 0 Å². The summed E-state index contributed by atoms with van der Waals surface area (Å²) >= 11 is 0. The number of hydrogen-bond acceptors (Lipinski definition) is 0. The average Bonchev–Trinajstić information content (AvgIpc) is 2.59. The number of rotatable bonds is 11. The Balaban J connectivity index is 0.00000312. The van der Waals surface area contributed by atoms with Crippen molar-refractivity contribution in [3.63, 3.8) is 0 Å². The van der Waals surface area contributed by atoms with Gasteiger partial charge >= 0.3 is 0 Å². The second-order valence-corrected chi connectivity index (χ2v) is 6.90. The molecule has 0 spiro atoms. The van der Waals surface area contributed by atoms with Crippen LogP contribution in [0.3, 0.4) is 0 Å². The molecule has 0 N–H and O–H groups in total. The van der Waals surface area contributed by atoms with Gasteiger partial charge in [-0.3, -0.25) is 0 Å². The summed E-state index contributed by atoms with van der Waals surface area (Å²) in [5.41, 5.74) is 2.73. The highest BCUT2D eigenvalue weighted by Crippen LogP contribution is 2.09. The van der Waals surface area contributed by atoms with Gasteiger partial charge in [0.2, 0.25) is 0 Å². The van der Waals surface area contributed by atoms with E-state index in [-0.39, 0.29) is 34.0 Å². The van der Waals surface area contributed by atoms with Gasteiger partial charge < -0.3 is 0 Å². The predicted molar refractivity (Wildman–Crippen MR) is 120 cm³/mol. The summed E-state index contributed by atoms with van der Waals surface area (Å²) in [6, 6.07) is 12.9. The van der Waals surface area contributed by atoms with Gasteiger partial charge in [-0.25, -0.2) is 9.13 Å². The molecule has 0 aliphatic heterocycles. The minimum Gasteiger partial charge on any atom is -0.203 e. The Labute approximate surface area is 181 Å². The fraction of sp³-hybridized carbons (Fsp3) is 0.545. The second kappa shape index (κ2) is 15.3. The van der Waals surface area contributed by atoms with Crippen molar-refractivity contribution < 1.29 is 9.13 Å². The number of pyridine rings is 2. The molecule has 0 amide bonds. The first-order valence-corrected chi connectivity index (χ1v) is 9.67. The van der Waals surface area contributed by atoms with Gasteiger partial charge in [-0.05, 0) is 12.8 Å². The van der Waals surface area contributed by atoms with E-state index >= 15 is 0 Å². The number of hydrogen-bond donors (Lipinski definition) is 0. The summed E-state index contributed by atoms with van der Waals surface area (Å²) < 4.78 is 4.73. The third-order valence-corrected chi connectivity index (χ3v) is 4.88. The van der Waals surface area contributed by atoms with Crippen molar-refractivity contribution in [1.82, 2.24) is 0 Å². The lowest BCUT2D eigenvalue weighted by Gasteiger charge is -2.03. The van der Waals surface area contributed by atoms with Gasteiger partial charge in [0.1, 0.15) is 13.1 Å². The summed E-state index contributed by atoms with van der Waals surface area (Å²) in [5, 5.41) is 0. The van der Waals surface area contributed by atoms with Crippen molar-refractivity contribution in [2.75, 3.05) is 0 Å². The summed E-state index contributed by atoms with van der Waals surface area (Å²) in [4.78, 5) is 0. The van der Waals surface area contributed by atoms with Crippen LogP contribution in [0.15, 0.2) is 48.8 Å². The third-order valence-electron chi connectivity index (χ3n) is 4.88. The molecule has 26 heavy (non-hydrogen) atoms. The van der Waals surface area contributed by atoms with Gasteiger partial charge in [0.05, 0.1) is 0 Å². The molecule has 0 unspecified atom stereocenters. The maximum atomic E-state index is 2.36. The van der Waals surface area contributed by atoms with Gasteiger partial charge in [-0.15, -0.1) is 34.0 Å². The number of halogens is 2. The van der Waals surface area contributed by atoms with E-state index in [0.717, 1.165) is 0 Å². The van der Waals surface area contributed by atoms with Crippen LogP contribution in [0.25, 0.3) is 0 Å². The standard InChI is InChI=1S/C22H34N2.2BrH/c1-21-15-9-13-19-23(21)17-11-7-5-3-4-6-8-12-18-24-20-14-10-16-22(24)2;;/h9-10,13-16,19-20H,3-8,11-12,17-18H2,1-2H3;2*1H/q+2;;. The smallest absolute Gasteiger partial charge is 0.178 e. The van der Waals surface area contributed by atoms with Crippen LogP contribution in [0.1, 0.15) is 62.8 Å². The van der Waals surface area contributed by atoms with E-state index in [9.17, 15) is 0 Å². The molecule has 2 heterocycles. The molecule has 0 bridgehead atoms. The first kappa shape index (κ1) is 25.3. The van der Waals surface area contributed by atoms with E-state index < -0.39 is 0 Å². The Morgan fingerprint density at radius 1 is 0.538 bits per heavy atom. The summed E-state index contributed by atoms with van der Waals surface area (Å²) in [6.07, 6.45) is 15.3. The first-order valence-electron chi connectivity index (χ1n) is 9.67. The monoisotopic (exact) mass is 486 g/mol. The number of unbranched alkanes of at least 4 members (excludes halogenated alkanes) is 7. The van der Waals surface area contributed by atoms with Gasteiger partial charge in [-0.1, -0.05) is 37.8 Å². The van der Waals surface area contributed by atoms with Crippen LogP contribution in [-0.2, 0) is 13.1 Å². The summed E-state index contributed by atoms with van der Waals surface area (Å²) in [7, 11) is 0. The molecule has 4 heteroatoms. The molecule has 2 aromatic rings. The lowest BCUT2D eigenvalue weighted by atomic mass is 10.1. The van der Waals surface area contributed by atoms with Crippen molar-refractivity contribution in [3.8, 4) is 0 Å². The van der Waals surface area contributed by atoms with E-state index in [0.29, 0.717) is 0 Å². The van der Waals surface area contributed by atoms with Crippen molar-refractivity contribution in [2.45, 2.75) is 78.3 Å². The van der Waals surface area contributed by atoms with Crippen molar-refractivity contribution in [2.24, 2.45) is 0 Å². The molecule has 2 rings (SSSR count). The Morgan fingerprint density at radius 2 is 0.885 bits per heavy atom. The summed E-state index contributed by atoms with van der Waals surface area (Å²) in [6.45, 7) is 6.71. The minimum atomic E-state index is 0. The Kier molecular flexibility index (Phi) is 14.9. The molecule has 0 saturated carbocycles. The average molecular weight is 488 g/mol. The van der Waals surface area contributed by atoms with Crippen LogP contribution < -0.4 is 9.13 Å². The molecule has 0 fully saturated rings. The Bertz CT molecular complexity index is 549. The zero-order valence-electron chi connectivity index (χ0n) is 16.4. The number of nitrogens with zero attached hydrogens (tertiary/aromatic N) is 2. The zero-order chi connectivity index (χ0) is 17.0. The fourth-order valence-electron chi connectivity index (χ4n) is 3.25.